The third-order valence-corrected chi connectivity index (χ3v) is 2.72. The van der Waals surface area contributed by atoms with Crippen LogP contribution in [0, 0.1) is 6.92 Å². The fourth-order valence-electron chi connectivity index (χ4n) is 2.01. The molecule has 0 aliphatic carbocycles. The average Bonchev–Trinajstić information content (AvgIpc) is 2.70. The van der Waals surface area contributed by atoms with Crippen molar-refractivity contribution in [3.8, 4) is 0 Å². The van der Waals surface area contributed by atoms with E-state index in [2.05, 4.69) is 17.2 Å². The van der Waals surface area contributed by atoms with Gasteiger partial charge in [-0.2, -0.15) is 5.10 Å². The summed E-state index contributed by atoms with van der Waals surface area (Å²) in [6.07, 6.45) is 4.27. The second-order valence-electron chi connectivity index (χ2n) is 4.14. The van der Waals surface area contributed by atoms with E-state index < -0.39 is 0 Å². The molecule has 0 spiro atoms. The van der Waals surface area contributed by atoms with Crippen molar-refractivity contribution in [3.63, 3.8) is 0 Å². The number of hydrogen-bond acceptors (Lipinski definition) is 3. The first-order valence-electron chi connectivity index (χ1n) is 5.64. The Hall–Kier alpha value is -1.68. The molecule has 0 N–H and O–H groups in total. The molecule has 2 aromatic rings. The monoisotopic (exact) mass is 232 g/mol. The molecule has 0 saturated heterocycles. The highest BCUT2D eigenvalue weighted by molar-refractivity contribution is 5.82. The molecule has 90 valence electrons. The summed E-state index contributed by atoms with van der Waals surface area (Å²) >= 11 is 0. The number of fused-ring (bicyclic) bond motifs is 1. The summed E-state index contributed by atoms with van der Waals surface area (Å²) in [4.78, 5) is 10.4. The number of rotatable bonds is 5. The Kier molecular flexibility index (Phi) is 3.54. The lowest BCUT2D eigenvalue weighted by Gasteiger charge is -2.00. The van der Waals surface area contributed by atoms with Gasteiger partial charge in [0.05, 0.1) is 5.52 Å². The maximum Gasteiger partial charge on any atom is 0.138 e. The summed E-state index contributed by atoms with van der Waals surface area (Å²) < 4.78 is 6.83. The average molecular weight is 232 g/mol. The molecule has 0 fully saturated rings. The van der Waals surface area contributed by atoms with E-state index in [1.807, 2.05) is 13.1 Å². The van der Waals surface area contributed by atoms with Gasteiger partial charge in [-0.3, -0.25) is 0 Å². The largest absolute Gasteiger partial charge is 0.362 e. The number of carbonyl (C=O) groups is 1. The molecule has 0 aliphatic rings. The molecule has 0 saturated carbocycles. The summed E-state index contributed by atoms with van der Waals surface area (Å²) in [5.41, 5.74) is 3.31. The molecule has 4 nitrogen and oxygen atoms in total. The second-order valence-corrected chi connectivity index (χ2v) is 4.14. The lowest BCUT2D eigenvalue weighted by molar-refractivity contribution is -0.107. The Morgan fingerprint density at radius 2 is 2.29 bits per heavy atom. The Balaban J connectivity index is 2.38. The van der Waals surface area contributed by atoms with Crippen LogP contribution in [-0.2, 0) is 22.7 Å². The number of aryl methyl sites for hydroxylation is 2. The number of methoxy groups -OCH3 is 1. The maximum atomic E-state index is 10.4. The summed E-state index contributed by atoms with van der Waals surface area (Å²) in [5.74, 6) is 0. The molecule has 2 rings (SSSR count). The summed E-state index contributed by atoms with van der Waals surface area (Å²) in [6.45, 7) is 2.49. The maximum absolute atomic E-state index is 10.4. The summed E-state index contributed by atoms with van der Waals surface area (Å²) in [7, 11) is 1.65. The molecule has 4 heteroatoms. The van der Waals surface area contributed by atoms with Gasteiger partial charge in [0, 0.05) is 25.1 Å². The van der Waals surface area contributed by atoms with Crippen LogP contribution < -0.4 is 0 Å². The molecule has 0 bridgehead atoms. The van der Waals surface area contributed by atoms with Gasteiger partial charge < -0.3 is 9.53 Å². The van der Waals surface area contributed by atoms with Crippen LogP contribution in [0.4, 0.5) is 0 Å². The van der Waals surface area contributed by atoms with Gasteiger partial charge in [0.15, 0.2) is 0 Å². The van der Waals surface area contributed by atoms with E-state index in [0.717, 1.165) is 29.2 Å². The first kappa shape index (κ1) is 11.8. The molecular weight excluding hydrogens is 216 g/mol. The quantitative estimate of drug-likeness (QED) is 0.741. The highest BCUT2D eigenvalue weighted by Gasteiger charge is 2.05. The zero-order valence-electron chi connectivity index (χ0n) is 10.1. The standard InChI is InChI=1S/C13H16N2O2/c1-10-6-11(4-3-5-16)7-12-8-15(9-17-2)14-13(10)12/h5-8H,3-4,9H2,1-2H3. The molecule has 1 aromatic heterocycles. The molecular formula is C13H16N2O2. The molecule has 0 atom stereocenters. The normalized spacial score (nSPS) is 10.9. The van der Waals surface area contributed by atoms with Crippen molar-refractivity contribution in [3.05, 3.63) is 29.5 Å². The lowest BCUT2D eigenvalue weighted by atomic mass is 10.0. The van der Waals surface area contributed by atoms with Crippen molar-refractivity contribution >= 4 is 17.2 Å². The van der Waals surface area contributed by atoms with E-state index in [4.69, 9.17) is 4.74 Å². The van der Waals surface area contributed by atoms with Gasteiger partial charge in [-0.1, -0.05) is 6.07 Å². The second kappa shape index (κ2) is 5.10. The van der Waals surface area contributed by atoms with Crippen LogP contribution in [-0.4, -0.2) is 23.2 Å². The van der Waals surface area contributed by atoms with E-state index in [0.29, 0.717) is 13.2 Å². The predicted molar refractivity (Wildman–Crippen MR) is 65.9 cm³/mol. The van der Waals surface area contributed by atoms with E-state index in [9.17, 15) is 4.79 Å². The van der Waals surface area contributed by atoms with Gasteiger partial charge in [-0.05, 0) is 30.5 Å². The minimum Gasteiger partial charge on any atom is -0.362 e. The lowest BCUT2D eigenvalue weighted by Crippen LogP contribution is -1.99. The van der Waals surface area contributed by atoms with Crippen LogP contribution >= 0.6 is 0 Å². The van der Waals surface area contributed by atoms with E-state index in [-0.39, 0.29) is 0 Å². The van der Waals surface area contributed by atoms with Gasteiger partial charge in [-0.15, -0.1) is 0 Å². The first-order valence-corrected chi connectivity index (χ1v) is 5.64. The topological polar surface area (TPSA) is 44.1 Å². The molecule has 1 heterocycles. The van der Waals surface area contributed by atoms with Crippen molar-refractivity contribution in [2.75, 3.05) is 7.11 Å². The SMILES string of the molecule is COCn1cc2cc(CCC=O)cc(C)c2n1. The Labute approximate surface area is 100 Å². The molecule has 17 heavy (non-hydrogen) atoms. The van der Waals surface area contributed by atoms with Crippen LogP contribution in [0.3, 0.4) is 0 Å². The van der Waals surface area contributed by atoms with Crippen LogP contribution in [0.2, 0.25) is 0 Å². The van der Waals surface area contributed by atoms with E-state index in [1.165, 1.54) is 5.56 Å². The Bertz CT molecular complexity index is 531. The molecule has 0 radical (unpaired) electrons. The van der Waals surface area contributed by atoms with Crippen molar-refractivity contribution in [2.45, 2.75) is 26.5 Å². The molecule has 0 aliphatic heterocycles. The molecule has 0 unspecified atom stereocenters. The van der Waals surface area contributed by atoms with Crippen molar-refractivity contribution < 1.29 is 9.53 Å². The predicted octanol–water partition coefficient (Wildman–Crippen LogP) is 2.08. The molecule has 0 amide bonds. The smallest absolute Gasteiger partial charge is 0.138 e. The number of hydrogen-bond donors (Lipinski definition) is 0. The minimum atomic E-state index is 0.456. The van der Waals surface area contributed by atoms with Crippen molar-refractivity contribution in [1.82, 2.24) is 9.78 Å². The zero-order valence-corrected chi connectivity index (χ0v) is 10.1. The van der Waals surface area contributed by atoms with Crippen LogP contribution in [0.25, 0.3) is 10.9 Å². The first-order chi connectivity index (χ1) is 8.24. The van der Waals surface area contributed by atoms with Crippen LogP contribution in [0.1, 0.15) is 17.5 Å². The van der Waals surface area contributed by atoms with E-state index >= 15 is 0 Å². The van der Waals surface area contributed by atoms with Crippen LogP contribution in [0.15, 0.2) is 18.3 Å². The minimum absolute atomic E-state index is 0.456. The number of nitrogens with zero attached hydrogens (tertiary/aromatic N) is 2. The fraction of sp³-hybridized carbons (Fsp3) is 0.385. The van der Waals surface area contributed by atoms with Gasteiger partial charge in [0.2, 0.25) is 0 Å². The number of ether oxygens (including phenoxy) is 1. The zero-order chi connectivity index (χ0) is 12.3. The van der Waals surface area contributed by atoms with Crippen molar-refractivity contribution in [1.29, 1.82) is 0 Å². The fourth-order valence-corrected chi connectivity index (χ4v) is 2.01. The van der Waals surface area contributed by atoms with Gasteiger partial charge in [-0.25, -0.2) is 4.68 Å². The van der Waals surface area contributed by atoms with Crippen LogP contribution in [0.5, 0.6) is 0 Å². The van der Waals surface area contributed by atoms with Gasteiger partial charge >= 0.3 is 0 Å². The number of carbonyl (C=O) groups excluding carboxylic acids is 1. The third-order valence-electron chi connectivity index (χ3n) is 2.72. The van der Waals surface area contributed by atoms with E-state index in [1.54, 1.807) is 11.8 Å². The van der Waals surface area contributed by atoms with Gasteiger partial charge in [0.1, 0.15) is 13.0 Å². The number of aldehydes is 1. The Morgan fingerprint density at radius 3 is 3.00 bits per heavy atom. The summed E-state index contributed by atoms with van der Waals surface area (Å²) in [5, 5.41) is 5.55. The number of benzene rings is 1. The van der Waals surface area contributed by atoms with Crippen molar-refractivity contribution in [2.24, 2.45) is 0 Å². The highest BCUT2D eigenvalue weighted by Crippen LogP contribution is 2.20. The summed E-state index contributed by atoms with van der Waals surface area (Å²) in [6, 6.07) is 4.18. The molecule has 1 aromatic carbocycles. The number of aromatic nitrogens is 2. The third kappa shape index (κ3) is 2.53. The highest BCUT2D eigenvalue weighted by atomic mass is 16.5. The van der Waals surface area contributed by atoms with Gasteiger partial charge in [0.25, 0.3) is 0 Å². The Morgan fingerprint density at radius 1 is 1.47 bits per heavy atom.